The number of carbonyl (C=O) groups excluding carboxylic acids is 1. The molecule has 2 aromatic rings. The van der Waals surface area contributed by atoms with Crippen LogP contribution in [-0.4, -0.2) is 18.8 Å². The standard InChI is InChI=1S/C14H15ClO2S2/c1-9(14(16)17-2)7-18-8-12-13(15)10-5-3-4-6-11(10)19-12/h3-6,9H,7-8H2,1-2H3. The third-order valence-corrected chi connectivity index (χ3v) is 5.93. The minimum Gasteiger partial charge on any atom is -0.469 e. The van der Waals surface area contributed by atoms with Gasteiger partial charge in [0, 0.05) is 26.5 Å². The summed E-state index contributed by atoms with van der Waals surface area (Å²) in [5.74, 6) is 1.34. The fourth-order valence-corrected chi connectivity index (χ4v) is 4.55. The zero-order valence-electron chi connectivity index (χ0n) is 10.8. The Morgan fingerprint density at radius 2 is 2.21 bits per heavy atom. The molecule has 0 bridgehead atoms. The number of hydrogen-bond acceptors (Lipinski definition) is 4. The fraction of sp³-hybridized carbons (Fsp3) is 0.357. The van der Waals surface area contributed by atoms with E-state index in [9.17, 15) is 4.79 Å². The van der Waals surface area contributed by atoms with E-state index in [4.69, 9.17) is 16.3 Å². The monoisotopic (exact) mass is 314 g/mol. The van der Waals surface area contributed by atoms with Gasteiger partial charge in [-0.15, -0.1) is 11.3 Å². The summed E-state index contributed by atoms with van der Waals surface area (Å²) in [7, 11) is 1.42. The number of benzene rings is 1. The van der Waals surface area contributed by atoms with Crippen LogP contribution in [0.3, 0.4) is 0 Å². The molecule has 1 aromatic heterocycles. The van der Waals surface area contributed by atoms with Crippen LogP contribution in [0.25, 0.3) is 10.1 Å². The summed E-state index contributed by atoms with van der Waals surface area (Å²) in [4.78, 5) is 12.5. The van der Waals surface area contributed by atoms with Gasteiger partial charge in [-0.1, -0.05) is 36.7 Å². The number of esters is 1. The van der Waals surface area contributed by atoms with E-state index < -0.39 is 0 Å². The van der Waals surface area contributed by atoms with E-state index >= 15 is 0 Å². The van der Waals surface area contributed by atoms with E-state index in [0.717, 1.165) is 21.9 Å². The van der Waals surface area contributed by atoms with E-state index in [1.54, 1.807) is 23.1 Å². The van der Waals surface area contributed by atoms with Crippen molar-refractivity contribution in [3.8, 4) is 0 Å². The first-order valence-corrected chi connectivity index (χ1v) is 8.30. The number of methoxy groups -OCH3 is 1. The largest absolute Gasteiger partial charge is 0.469 e. The summed E-state index contributed by atoms with van der Waals surface area (Å²) in [6, 6.07) is 8.14. The Kier molecular flexibility index (Phi) is 5.13. The smallest absolute Gasteiger partial charge is 0.309 e. The molecule has 2 rings (SSSR count). The SMILES string of the molecule is COC(=O)C(C)CSCc1sc2ccccc2c1Cl. The minimum atomic E-state index is -0.157. The van der Waals surface area contributed by atoms with Crippen molar-refractivity contribution < 1.29 is 9.53 Å². The topological polar surface area (TPSA) is 26.3 Å². The Morgan fingerprint density at radius 3 is 2.89 bits per heavy atom. The van der Waals surface area contributed by atoms with Crippen molar-refractivity contribution in [3.63, 3.8) is 0 Å². The average Bonchev–Trinajstić information content (AvgIpc) is 2.75. The number of carbonyl (C=O) groups is 1. The molecule has 102 valence electrons. The van der Waals surface area contributed by atoms with E-state index in [1.807, 2.05) is 25.1 Å². The predicted octanol–water partition coefficient (Wildman–Crippen LogP) is 4.60. The van der Waals surface area contributed by atoms with Gasteiger partial charge in [0.05, 0.1) is 18.1 Å². The van der Waals surface area contributed by atoms with Gasteiger partial charge in [0.25, 0.3) is 0 Å². The van der Waals surface area contributed by atoms with Crippen LogP contribution in [0, 0.1) is 5.92 Å². The number of ether oxygens (including phenoxy) is 1. The number of fused-ring (bicyclic) bond motifs is 1. The summed E-state index contributed by atoms with van der Waals surface area (Å²) in [6.07, 6.45) is 0. The van der Waals surface area contributed by atoms with Crippen LogP contribution in [0.1, 0.15) is 11.8 Å². The molecule has 2 nitrogen and oxygen atoms in total. The zero-order valence-corrected chi connectivity index (χ0v) is 13.2. The summed E-state index contributed by atoms with van der Waals surface area (Å²) in [6.45, 7) is 1.88. The maximum absolute atomic E-state index is 11.3. The highest BCUT2D eigenvalue weighted by atomic mass is 35.5. The normalized spacial score (nSPS) is 12.6. The lowest BCUT2D eigenvalue weighted by atomic mass is 10.2. The summed E-state index contributed by atoms with van der Waals surface area (Å²) < 4.78 is 5.92. The molecule has 0 radical (unpaired) electrons. The van der Waals surface area contributed by atoms with Crippen molar-refractivity contribution in [2.24, 2.45) is 5.92 Å². The number of thiophene rings is 1. The van der Waals surface area contributed by atoms with Gasteiger partial charge in [-0.25, -0.2) is 0 Å². The second kappa shape index (κ2) is 6.64. The molecule has 1 aromatic carbocycles. The molecule has 0 aliphatic heterocycles. The van der Waals surface area contributed by atoms with Crippen LogP contribution in [0.15, 0.2) is 24.3 Å². The Bertz CT molecular complexity index is 580. The number of thioether (sulfide) groups is 1. The minimum absolute atomic E-state index is 0.0804. The highest BCUT2D eigenvalue weighted by Gasteiger charge is 2.14. The average molecular weight is 315 g/mol. The van der Waals surface area contributed by atoms with Crippen LogP contribution < -0.4 is 0 Å². The zero-order chi connectivity index (χ0) is 13.8. The maximum Gasteiger partial charge on any atom is 0.309 e. The van der Waals surface area contributed by atoms with Crippen LogP contribution in [0.2, 0.25) is 5.02 Å². The molecule has 0 aliphatic rings. The third kappa shape index (κ3) is 3.44. The molecule has 19 heavy (non-hydrogen) atoms. The van der Waals surface area contributed by atoms with Gasteiger partial charge in [-0.2, -0.15) is 11.8 Å². The van der Waals surface area contributed by atoms with E-state index in [0.29, 0.717) is 0 Å². The number of hydrogen-bond donors (Lipinski definition) is 0. The Labute approximate surface area is 126 Å². The van der Waals surface area contributed by atoms with Crippen LogP contribution >= 0.6 is 34.7 Å². The van der Waals surface area contributed by atoms with Crippen molar-refractivity contribution >= 4 is 50.8 Å². The molecule has 0 saturated carbocycles. The highest BCUT2D eigenvalue weighted by molar-refractivity contribution is 7.98. The lowest BCUT2D eigenvalue weighted by molar-refractivity contribution is -0.143. The van der Waals surface area contributed by atoms with Crippen LogP contribution in [-0.2, 0) is 15.3 Å². The maximum atomic E-state index is 11.3. The highest BCUT2D eigenvalue weighted by Crippen LogP contribution is 2.37. The Hall–Kier alpha value is -0.710. The molecule has 1 unspecified atom stereocenters. The van der Waals surface area contributed by atoms with Gasteiger partial charge in [0.2, 0.25) is 0 Å². The Morgan fingerprint density at radius 1 is 1.47 bits per heavy atom. The third-order valence-electron chi connectivity index (χ3n) is 2.81. The van der Waals surface area contributed by atoms with Crippen LogP contribution in [0.4, 0.5) is 0 Å². The lowest BCUT2D eigenvalue weighted by Crippen LogP contribution is -2.14. The Balaban J connectivity index is 1.98. The van der Waals surface area contributed by atoms with E-state index in [2.05, 4.69) is 6.07 Å². The van der Waals surface area contributed by atoms with Gasteiger partial charge >= 0.3 is 5.97 Å². The fourth-order valence-electron chi connectivity index (χ4n) is 1.76. The van der Waals surface area contributed by atoms with Gasteiger partial charge in [-0.3, -0.25) is 4.79 Å². The molecule has 5 heteroatoms. The van der Waals surface area contributed by atoms with Crippen molar-refractivity contribution in [1.82, 2.24) is 0 Å². The quantitative estimate of drug-likeness (QED) is 0.755. The second-order valence-electron chi connectivity index (χ2n) is 4.27. The number of halogens is 1. The molecule has 1 heterocycles. The molecule has 0 amide bonds. The summed E-state index contributed by atoms with van der Waals surface area (Å²) in [5.41, 5.74) is 0. The van der Waals surface area contributed by atoms with Gasteiger partial charge in [-0.05, 0) is 6.07 Å². The predicted molar refractivity (Wildman–Crippen MR) is 84.2 cm³/mol. The molecular weight excluding hydrogens is 300 g/mol. The van der Waals surface area contributed by atoms with Gasteiger partial charge < -0.3 is 4.74 Å². The number of rotatable bonds is 5. The molecule has 0 spiro atoms. The molecular formula is C14H15ClO2S2. The lowest BCUT2D eigenvalue weighted by Gasteiger charge is -2.07. The summed E-state index contributed by atoms with van der Waals surface area (Å²) >= 11 is 9.80. The van der Waals surface area contributed by atoms with Crippen molar-refractivity contribution in [3.05, 3.63) is 34.2 Å². The molecule has 0 saturated heterocycles. The van der Waals surface area contributed by atoms with Crippen LogP contribution in [0.5, 0.6) is 0 Å². The van der Waals surface area contributed by atoms with E-state index in [-0.39, 0.29) is 11.9 Å². The molecule has 0 aliphatic carbocycles. The molecule has 0 fully saturated rings. The molecule has 1 atom stereocenters. The molecule has 0 N–H and O–H groups in total. The van der Waals surface area contributed by atoms with Crippen molar-refractivity contribution in [2.45, 2.75) is 12.7 Å². The van der Waals surface area contributed by atoms with Crippen molar-refractivity contribution in [1.29, 1.82) is 0 Å². The summed E-state index contributed by atoms with van der Waals surface area (Å²) in [5, 5.41) is 1.96. The van der Waals surface area contributed by atoms with E-state index in [1.165, 1.54) is 16.7 Å². The van der Waals surface area contributed by atoms with Gasteiger partial charge in [0.15, 0.2) is 0 Å². The second-order valence-corrected chi connectivity index (χ2v) is 6.82. The first-order valence-electron chi connectivity index (χ1n) is 5.95. The first-order chi connectivity index (χ1) is 9.13. The van der Waals surface area contributed by atoms with Gasteiger partial charge in [0.1, 0.15) is 0 Å². The first kappa shape index (κ1) is 14.7. The van der Waals surface area contributed by atoms with Crippen molar-refractivity contribution in [2.75, 3.05) is 12.9 Å².